The number of carbonyl (C=O) groups is 2. The highest BCUT2D eigenvalue weighted by atomic mass is 79.9. The third-order valence-corrected chi connectivity index (χ3v) is 5.00. The number of phenolic OH excluding ortho intramolecular Hbond substituents is 1. The zero-order chi connectivity index (χ0) is 16.7. The van der Waals surface area contributed by atoms with Crippen molar-refractivity contribution in [3.05, 3.63) is 56.5 Å². The summed E-state index contributed by atoms with van der Waals surface area (Å²) in [6, 6.07) is 10.2. The molecule has 1 heterocycles. The smallest absolute Gasteiger partial charge is 0.174 e. The average Bonchev–Trinajstić information content (AvgIpc) is 2.91. The van der Waals surface area contributed by atoms with Gasteiger partial charge in [-0.25, -0.2) is 0 Å². The molecule has 0 saturated heterocycles. The highest BCUT2D eigenvalue weighted by Gasteiger charge is 2.42. The number of rotatable bonds is 3. The highest BCUT2D eigenvalue weighted by Crippen LogP contribution is 2.42. The van der Waals surface area contributed by atoms with Gasteiger partial charge in [-0.3, -0.25) is 9.59 Å². The van der Waals surface area contributed by atoms with Gasteiger partial charge in [-0.1, -0.05) is 18.2 Å². The number of para-hydroxylation sites is 1. The summed E-state index contributed by atoms with van der Waals surface area (Å²) in [7, 11) is 0. The van der Waals surface area contributed by atoms with Gasteiger partial charge < -0.3 is 9.84 Å². The Bertz CT molecular complexity index is 793. The van der Waals surface area contributed by atoms with Gasteiger partial charge in [0.05, 0.1) is 14.9 Å². The minimum atomic E-state index is -0.828. The van der Waals surface area contributed by atoms with Gasteiger partial charge >= 0.3 is 0 Å². The Morgan fingerprint density at radius 2 is 1.74 bits per heavy atom. The van der Waals surface area contributed by atoms with Gasteiger partial charge in [-0.2, -0.15) is 0 Å². The van der Waals surface area contributed by atoms with Crippen LogP contribution in [0.2, 0.25) is 0 Å². The molecule has 3 rings (SSSR count). The lowest BCUT2D eigenvalue weighted by Gasteiger charge is -2.16. The van der Waals surface area contributed by atoms with E-state index in [2.05, 4.69) is 31.9 Å². The maximum atomic E-state index is 13.0. The molecule has 2 aromatic rings. The second kappa shape index (κ2) is 6.09. The van der Waals surface area contributed by atoms with Crippen molar-refractivity contribution < 1.29 is 19.4 Å². The second-order valence-corrected chi connectivity index (χ2v) is 7.03. The molecule has 0 aliphatic carbocycles. The first-order valence-electron chi connectivity index (χ1n) is 6.88. The fraction of sp³-hybridized carbons (Fsp3) is 0.176. The van der Waals surface area contributed by atoms with Crippen LogP contribution in [0.1, 0.15) is 28.8 Å². The standard InChI is InChI=1S/C17H12Br2O4/c1-8(20)17-14(10-4-2-3-5-13(10)23-17)15(21)9-6-11(18)16(22)12(19)7-9/h2-7,14,17,22H,1H3. The van der Waals surface area contributed by atoms with E-state index in [0.29, 0.717) is 25.8 Å². The van der Waals surface area contributed by atoms with Gasteiger partial charge in [0.1, 0.15) is 11.5 Å². The molecule has 0 saturated carbocycles. The molecule has 1 aliphatic heterocycles. The molecule has 1 N–H and O–H groups in total. The Hall–Kier alpha value is -1.66. The molecule has 23 heavy (non-hydrogen) atoms. The summed E-state index contributed by atoms with van der Waals surface area (Å²) in [6.45, 7) is 1.42. The quantitative estimate of drug-likeness (QED) is 0.726. The van der Waals surface area contributed by atoms with Crippen molar-refractivity contribution in [2.75, 3.05) is 0 Å². The van der Waals surface area contributed by atoms with Crippen LogP contribution in [0, 0.1) is 0 Å². The molecule has 1 aliphatic rings. The van der Waals surface area contributed by atoms with Crippen molar-refractivity contribution in [3.8, 4) is 11.5 Å². The lowest BCUT2D eigenvalue weighted by molar-refractivity contribution is -0.123. The van der Waals surface area contributed by atoms with Gasteiger partial charge in [0.25, 0.3) is 0 Å². The summed E-state index contributed by atoms with van der Waals surface area (Å²) in [5.74, 6) is -0.532. The van der Waals surface area contributed by atoms with Crippen LogP contribution in [-0.2, 0) is 4.79 Å². The average molecular weight is 440 g/mol. The summed E-state index contributed by atoms with van der Waals surface area (Å²) < 4.78 is 6.47. The van der Waals surface area contributed by atoms with Gasteiger partial charge in [0.2, 0.25) is 0 Å². The molecule has 2 unspecified atom stereocenters. The number of ketones is 2. The van der Waals surface area contributed by atoms with E-state index < -0.39 is 12.0 Å². The van der Waals surface area contributed by atoms with E-state index in [4.69, 9.17) is 4.74 Å². The first-order chi connectivity index (χ1) is 10.9. The van der Waals surface area contributed by atoms with Crippen LogP contribution in [0.3, 0.4) is 0 Å². The first-order valence-corrected chi connectivity index (χ1v) is 8.47. The fourth-order valence-corrected chi connectivity index (χ4v) is 3.88. The molecule has 2 aromatic carbocycles. The van der Waals surface area contributed by atoms with Crippen molar-refractivity contribution in [1.29, 1.82) is 0 Å². The van der Waals surface area contributed by atoms with Crippen molar-refractivity contribution >= 4 is 43.4 Å². The highest BCUT2D eigenvalue weighted by molar-refractivity contribution is 9.11. The summed E-state index contributed by atoms with van der Waals surface area (Å²) in [6.07, 6.45) is -0.828. The van der Waals surface area contributed by atoms with E-state index in [0.717, 1.165) is 0 Å². The predicted molar refractivity (Wildman–Crippen MR) is 92.1 cm³/mol. The van der Waals surface area contributed by atoms with E-state index >= 15 is 0 Å². The fourth-order valence-electron chi connectivity index (χ4n) is 2.70. The Morgan fingerprint density at radius 1 is 1.13 bits per heavy atom. The lowest BCUT2D eigenvalue weighted by atomic mass is 9.86. The number of ether oxygens (including phenoxy) is 1. The number of hydrogen-bond acceptors (Lipinski definition) is 4. The molecule has 4 nitrogen and oxygen atoms in total. The number of fused-ring (bicyclic) bond motifs is 1. The molecular weight excluding hydrogens is 428 g/mol. The van der Waals surface area contributed by atoms with Crippen LogP contribution in [0.15, 0.2) is 45.3 Å². The van der Waals surface area contributed by atoms with Gasteiger partial charge in [0, 0.05) is 11.1 Å². The molecule has 0 radical (unpaired) electrons. The number of Topliss-reactive ketones (excluding diaryl/α,β-unsaturated/α-hetero) is 2. The largest absolute Gasteiger partial charge is 0.506 e. The third-order valence-electron chi connectivity index (χ3n) is 3.80. The monoisotopic (exact) mass is 438 g/mol. The number of benzene rings is 2. The van der Waals surface area contributed by atoms with Crippen LogP contribution < -0.4 is 4.74 Å². The zero-order valence-corrected chi connectivity index (χ0v) is 15.2. The Labute approximate surface area is 149 Å². The molecule has 118 valence electrons. The maximum absolute atomic E-state index is 13.0. The number of halogens is 2. The molecular formula is C17H12Br2O4. The van der Waals surface area contributed by atoms with Crippen molar-refractivity contribution in [2.45, 2.75) is 18.9 Å². The molecule has 0 spiro atoms. The predicted octanol–water partition coefficient (Wildman–Crippen LogP) is 4.23. The maximum Gasteiger partial charge on any atom is 0.174 e. The molecule has 0 fully saturated rings. The topological polar surface area (TPSA) is 63.6 Å². The lowest BCUT2D eigenvalue weighted by Crippen LogP contribution is -2.31. The van der Waals surface area contributed by atoms with Crippen molar-refractivity contribution in [1.82, 2.24) is 0 Å². The number of aromatic hydroxyl groups is 1. The zero-order valence-electron chi connectivity index (χ0n) is 12.0. The Morgan fingerprint density at radius 3 is 2.35 bits per heavy atom. The van der Waals surface area contributed by atoms with Crippen molar-refractivity contribution in [2.24, 2.45) is 0 Å². The van der Waals surface area contributed by atoms with E-state index in [1.165, 1.54) is 6.92 Å². The normalized spacial score (nSPS) is 19.1. The van der Waals surface area contributed by atoms with Crippen molar-refractivity contribution in [3.63, 3.8) is 0 Å². The van der Waals surface area contributed by atoms with Gasteiger partial charge in [0.15, 0.2) is 17.7 Å². The van der Waals surface area contributed by atoms with Crippen LogP contribution in [0.5, 0.6) is 11.5 Å². The van der Waals surface area contributed by atoms with E-state index in [9.17, 15) is 14.7 Å². The van der Waals surface area contributed by atoms with E-state index in [1.54, 1.807) is 30.3 Å². The summed E-state index contributed by atoms with van der Waals surface area (Å²) in [5, 5.41) is 9.79. The summed E-state index contributed by atoms with van der Waals surface area (Å²) in [5.41, 5.74) is 1.09. The third kappa shape index (κ3) is 2.81. The van der Waals surface area contributed by atoms with E-state index in [-0.39, 0.29) is 17.3 Å². The van der Waals surface area contributed by atoms with Crippen LogP contribution in [0.25, 0.3) is 0 Å². The SMILES string of the molecule is CC(=O)C1Oc2ccccc2C1C(=O)c1cc(Br)c(O)c(Br)c1. The number of phenols is 1. The second-order valence-electron chi connectivity index (χ2n) is 5.32. The van der Waals surface area contributed by atoms with Gasteiger partial charge in [-0.15, -0.1) is 0 Å². The minimum absolute atomic E-state index is 0.0211. The summed E-state index contributed by atoms with van der Waals surface area (Å²) in [4.78, 5) is 24.9. The molecule has 6 heteroatoms. The van der Waals surface area contributed by atoms with Gasteiger partial charge in [-0.05, 0) is 57.0 Å². The molecule has 0 aromatic heterocycles. The van der Waals surface area contributed by atoms with Crippen LogP contribution in [-0.4, -0.2) is 22.8 Å². The first kappa shape index (κ1) is 16.2. The Kier molecular flexibility index (Phi) is 4.29. The number of carbonyl (C=O) groups excluding carboxylic acids is 2. The summed E-state index contributed by atoms with van der Waals surface area (Å²) >= 11 is 6.44. The molecule has 2 atom stereocenters. The van der Waals surface area contributed by atoms with E-state index in [1.807, 2.05) is 6.07 Å². The van der Waals surface area contributed by atoms with Crippen LogP contribution in [0.4, 0.5) is 0 Å². The molecule has 0 amide bonds. The van der Waals surface area contributed by atoms with Crippen LogP contribution >= 0.6 is 31.9 Å². The molecule has 0 bridgehead atoms. The minimum Gasteiger partial charge on any atom is -0.506 e. The Balaban J connectivity index is 2.08. The number of hydrogen-bond donors (Lipinski definition) is 1.